The lowest BCUT2D eigenvalue weighted by atomic mass is 10.0. The molecule has 1 unspecified atom stereocenters. The molecule has 2 heterocycles. The van der Waals surface area contributed by atoms with Crippen LogP contribution in [0.1, 0.15) is 55.9 Å². The van der Waals surface area contributed by atoms with E-state index in [1.165, 1.54) is 0 Å². The van der Waals surface area contributed by atoms with Crippen LogP contribution in [0.3, 0.4) is 0 Å². The molecule has 140 valence electrons. The van der Waals surface area contributed by atoms with Gasteiger partial charge in [0.25, 0.3) is 5.91 Å². The van der Waals surface area contributed by atoms with Crippen LogP contribution in [-0.4, -0.2) is 68.9 Å². The first-order chi connectivity index (χ1) is 11.6. The van der Waals surface area contributed by atoms with E-state index in [-0.39, 0.29) is 24.6 Å². The van der Waals surface area contributed by atoms with Gasteiger partial charge in [-0.25, -0.2) is 4.79 Å². The number of hydrogen-bond acceptors (Lipinski definition) is 5. The zero-order valence-electron chi connectivity index (χ0n) is 15.6. The summed E-state index contributed by atoms with van der Waals surface area (Å²) < 4.78 is 5.42. The number of ether oxygens (including phenoxy) is 1. The molecule has 0 aromatic carbocycles. The zero-order chi connectivity index (χ0) is 18.8. The monoisotopic (exact) mass is 352 g/mol. The summed E-state index contributed by atoms with van der Waals surface area (Å²) in [4.78, 5) is 28.2. The summed E-state index contributed by atoms with van der Waals surface area (Å²) in [5.41, 5.74) is 1.39. The molecule has 1 atom stereocenters. The number of H-pyrrole nitrogens is 1. The first-order valence-corrected chi connectivity index (χ1v) is 8.56. The van der Waals surface area contributed by atoms with Gasteiger partial charge in [0.2, 0.25) is 0 Å². The standard InChI is InChI=1S/C17H28N4O4/c1-11(7-9-22)20(5)15(23)14-12-10-21(8-6-13(12)18-19-14)16(24)25-17(2,3)4/h11,22H,6-10H2,1-5H3,(H,18,19). The molecule has 1 aromatic rings. The smallest absolute Gasteiger partial charge is 0.410 e. The number of fused-ring (bicyclic) bond motifs is 1. The highest BCUT2D eigenvalue weighted by molar-refractivity contribution is 5.94. The van der Waals surface area contributed by atoms with Crippen molar-refractivity contribution in [3.63, 3.8) is 0 Å². The third kappa shape index (κ3) is 4.50. The Bertz CT molecular complexity index is 635. The molecule has 2 N–H and O–H groups in total. The highest BCUT2D eigenvalue weighted by Crippen LogP contribution is 2.23. The van der Waals surface area contributed by atoms with Crippen molar-refractivity contribution in [2.24, 2.45) is 0 Å². The molecule has 1 aliphatic heterocycles. The highest BCUT2D eigenvalue weighted by atomic mass is 16.6. The Kier molecular flexibility index (Phi) is 5.72. The number of aromatic nitrogens is 2. The molecule has 0 radical (unpaired) electrons. The van der Waals surface area contributed by atoms with Crippen LogP contribution >= 0.6 is 0 Å². The molecule has 1 aliphatic rings. The number of carbonyl (C=O) groups excluding carboxylic acids is 2. The van der Waals surface area contributed by atoms with Gasteiger partial charge in [-0.2, -0.15) is 5.10 Å². The van der Waals surface area contributed by atoms with Crippen LogP contribution in [0.2, 0.25) is 0 Å². The lowest BCUT2D eigenvalue weighted by Crippen LogP contribution is -2.41. The molecule has 2 rings (SSSR count). The number of hydrogen-bond donors (Lipinski definition) is 2. The van der Waals surface area contributed by atoms with Crippen molar-refractivity contribution in [1.29, 1.82) is 0 Å². The topological polar surface area (TPSA) is 98.8 Å². The third-order valence-corrected chi connectivity index (χ3v) is 4.32. The summed E-state index contributed by atoms with van der Waals surface area (Å²) in [7, 11) is 1.69. The van der Waals surface area contributed by atoms with E-state index < -0.39 is 5.60 Å². The number of nitrogens with zero attached hydrogens (tertiary/aromatic N) is 3. The molecule has 0 saturated carbocycles. The van der Waals surface area contributed by atoms with Gasteiger partial charge < -0.3 is 19.6 Å². The van der Waals surface area contributed by atoms with E-state index in [2.05, 4.69) is 10.2 Å². The van der Waals surface area contributed by atoms with E-state index in [0.29, 0.717) is 31.6 Å². The van der Waals surface area contributed by atoms with E-state index in [4.69, 9.17) is 9.84 Å². The molecule has 0 spiro atoms. The number of carbonyl (C=O) groups is 2. The first-order valence-electron chi connectivity index (χ1n) is 8.56. The van der Waals surface area contributed by atoms with Crippen LogP contribution in [0.5, 0.6) is 0 Å². The van der Waals surface area contributed by atoms with Gasteiger partial charge in [0.05, 0.1) is 6.54 Å². The van der Waals surface area contributed by atoms with Crippen LogP contribution in [0, 0.1) is 0 Å². The number of amides is 2. The largest absolute Gasteiger partial charge is 0.444 e. The van der Waals surface area contributed by atoms with Gasteiger partial charge in [-0.05, 0) is 34.1 Å². The number of rotatable bonds is 4. The maximum atomic E-state index is 12.7. The number of aromatic amines is 1. The van der Waals surface area contributed by atoms with Crippen molar-refractivity contribution >= 4 is 12.0 Å². The predicted octanol–water partition coefficient (Wildman–Crippen LogP) is 1.55. The lowest BCUT2D eigenvalue weighted by molar-refractivity contribution is 0.0221. The minimum absolute atomic E-state index is 0.0177. The molecule has 25 heavy (non-hydrogen) atoms. The minimum atomic E-state index is -0.563. The fourth-order valence-electron chi connectivity index (χ4n) is 2.70. The van der Waals surface area contributed by atoms with Crippen LogP contribution < -0.4 is 0 Å². The molecular weight excluding hydrogens is 324 g/mol. The number of aliphatic hydroxyl groups excluding tert-OH is 1. The van der Waals surface area contributed by atoms with Gasteiger partial charge in [0, 0.05) is 43.9 Å². The van der Waals surface area contributed by atoms with Gasteiger partial charge in [0.15, 0.2) is 5.69 Å². The summed E-state index contributed by atoms with van der Waals surface area (Å²) in [6.07, 6.45) is 0.712. The molecular formula is C17H28N4O4. The average Bonchev–Trinajstić information content (AvgIpc) is 2.95. The van der Waals surface area contributed by atoms with Crippen molar-refractivity contribution in [3.8, 4) is 0 Å². The van der Waals surface area contributed by atoms with Gasteiger partial charge >= 0.3 is 6.09 Å². The molecule has 8 nitrogen and oxygen atoms in total. The van der Waals surface area contributed by atoms with Crippen LogP contribution in [-0.2, 0) is 17.7 Å². The lowest BCUT2D eigenvalue weighted by Gasteiger charge is -2.30. The number of aliphatic hydroxyl groups is 1. The summed E-state index contributed by atoms with van der Waals surface area (Å²) in [6, 6.07) is -0.101. The summed E-state index contributed by atoms with van der Waals surface area (Å²) in [5, 5.41) is 16.1. The van der Waals surface area contributed by atoms with E-state index in [0.717, 1.165) is 11.3 Å². The molecule has 2 amide bonds. The number of nitrogens with one attached hydrogen (secondary N) is 1. The zero-order valence-corrected chi connectivity index (χ0v) is 15.6. The van der Waals surface area contributed by atoms with E-state index >= 15 is 0 Å². The summed E-state index contributed by atoms with van der Waals surface area (Å²) in [5.74, 6) is -0.218. The fourth-order valence-corrected chi connectivity index (χ4v) is 2.70. The molecule has 1 aromatic heterocycles. The Morgan fingerprint density at radius 1 is 1.44 bits per heavy atom. The second kappa shape index (κ2) is 7.43. The molecule has 8 heteroatoms. The predicted molar refractivity (Wildman–Crippen MR) is 92.2 cm³/mol. The van der Waals surface area contributed by atoms with E-state index in [1.54, 1.807) is 16.8 Å². The Labute approximate surface area is 148 Å². The molecule has 0 fully saturated rings. The molecule has 0 aliphatic carbocycles. The first kappa shape index (κ1) is 19.2. The van der Waals surface area contributed by atoms with Crippen LogP contribution in [0.15, 0.2) is 0 Å². The SMILES string of the molecule is CC(CCO)N(C)C(=O)c1n[nH]c2c1CN(C(=O)OC(C)(C)C)CC2. The summed E-state index contributed by atoms with van der Waals surface area (Å²) >= 11 is 0. The van der Waals surface area contributed by atoms with Gasteiger partial charge in [-0.1, -0.05) is 0 Å². The Morgan fingerprint density at radius 3 is 2.72 bits per heavy atom. The highest BCUT2D eigenvalue weighted by Gasteiger charge is 2.31. The third-order valence-electron chi connectivity index (χ3n) is 4.32. The Morgan fingerprint density at radius 2 is 2.12 bits per heavy atom. The van der Waals surface area contributed by atoms with Crippen molar-refractivity contribution in [2.75, 3.05) is 20.2 Å². The quantitative estimate of drug-likeness (QED) is 0.856. The average molecular weight is 352 g/mol. The second-order valence-corrected chi connectivity index (χ2v) is 7.46. The Hall–Kier alpha value is -2.09. The fraction of sp³-hybridized carbons (Fsp3) is 0.706. The summed E-state index contributed by atoms with van der Waals surface area (Å²) in [6.45, 7) is 8.18. The van der Waals surface area contributed by atoms with Crippen molar-refractivity contribution in [3.05, 3.63) is 17.0 Å². The Balaban J connectivity index is 2.15. The van der Waals surface area contributed by atoms with E-state index in [9.17, 15) is 9.59 Å². The van der Waals surface area contributed by atoms with Crippen LogP contribution in [0.4, 0.5) is 4.79 Å². The second-order valence-electron chi connectivity index (χ2n) is 7.46. The van der Waals surface area contributed by atoms with Crippen molar-refractivity contribution < 1.29 is 19.4 Å². The van der Waals surface area contributed by atoms with Crippen molar-refractivity contribution in [2.45, 2.75) is 58.7 Å². The molecule has 0 bridgehead atoms. The van der Waals surface area contributed by atoms with Gasteiger partial charge in [-0.15, -0.1) is 0 Å². The maximum absolute atomic E-state index is 12.7. The van der Waals surface area contributed by atoms with Gasteiger partial charge in [0.1, 0.15) is 5.60 Å². The van der Waals surface area contributed by atoms with Crippen LogP contribution in [0.25, 0.3) is 0 Å². The normalized spacial score (nSPS) is 15.5. The van der Waals surface area contributed by atoms with Gasteiger partial charge in [-0.3, -0.25) is 9.89 Å². The van der Waals surface area contributed by atoms with E-state index in [1.807, 2.05) is 27.7 Å². The molecule has 0 saturated heterocycles. The minimum Gasteiger partial charge on any atom is -0.444 e. The van der Waals surface area contributed by atoms with Crippen molar-refractivity contribution in [1.82, 2.24) is 20.0 Å². The maximum Gasteiger partial charge on any atom is 0.410 e.